The highest BCUT2D eigenvalue weighted by molar-refractivity contribution is 7.98. The van der Waals surface area contributed by atoms with E-state index in [2.05, 4.69) is 0 Å². The highest BCUT2D eigenvalue weighted by atomic mass is 32.2. The van der Waals surface area contributed by atoms with Gasteiger partial charge in [0.2, 0.25) is 0 Å². The van der Waals surface area contributed by atoms with Crippen LogP contribution in [0.2, 0.25) is 0 Å². The summed E-state index contributed by atoms with van der Waals surface area (Å²) in [6.45, 7) is 2.17. The van der Waals surface area contributed by atoms with Gasteiger partial charge in [0.05, 0.1) is 11.3 Å². The summed E-state index contributed by atoms with van der Waals surface area (Å²) < 4.78 is 44.1. The number of benzene rings is 1. The van der Waals surface area contributed by atoms with Crippen LogP contribution in [0.25, 0.3) is 0 Å². The van der Waals surface area contributed by atoms with Gasteiger partial charge in [-0.2, -0.15) is 24.9 Å². The standard InChI is InChI=1S/C16H21F3N2O2S/c1-3-11-9-13(20)12-8-10(16(17,18)19)4-5-14(12)21(11)15(22)23-6-7-24-2/h4-5,8,11,13H,3,6-7,9,20H2,1-2H3/t11?,13-/m0/s1. The second-order valence-corrected chi connectivity index (χ2v) is 6.64. The number of fused-ring (bicyclic) bond motifs is 1. The van der Waals surface area contributed by atoms with Crippen LogP contribution in [0.15, 0.2) is 18.2 Å². The highest BCUT2D eigenvalue weighted by Gasteiger charge is 2.37. The second-order valence-electron chi connectivity index (χ2n) is 5.65. The Morgan fingerprint density at radius 1 is 1.46 bits per heavy atom. The number of carbonyl (C=O) groups is 1. The number of amides is 1. The van der Waals surface area contributed by atoms with Crippen LogP contribution in [0, 0.1) is 0 Å². The zero-order chi connectivity index (χ0) is 17.9. The molecule has 0 saturated heterocycles. The van der Waals surface area contributed by atoms with Gasteiger partial charge in [-0.05, 0) is 42.9 Å². The number of rotatable bonds is 4. The number of alkyl halides is 3. The number of carbonyl (C=O) groups excluding carboxylic acids is 1. The Labute approximate surface area is 143 Å². The summed E-state index contributed by atoms with van der Waals surface area (Å²) in [5.41, 5.74) is 6.03. The zero-order valence-electron chi connectivity index (χ0n) is 13.6. The Kier molecular flexibility index (Phi) is 6.03. The van der Waals surface area contributed by atoms with E-state index < -0.39 is 23.9 Å². The van der Waals surface area contributed by atoms with Crippen molar-refractivity contribution in [3.8, 4) is 0 Å². The van der Waals surface area contributed by atoms with Crippen LogP contribution in [0.3, 0.4) is 0 Å². The molecule has 4 nitrogen and oxygen atoms in total. The third-order valence-electron chi connectivity index (χ3n) is 4.09. The van der Waals surface area contributed by atoms with Gasteiger partial charge in [-0.25, -0.2) is 4.79 Å². The molecule has 0 aromatic heterocycles. The predicted molar refractivity (Wildman–Crippen MR) is 89.3 cm³/mol. The lowest BCUT2D eigenvalue weighted by Gasteiger charge is -2.39. The Balaban J connectivity index is 2.37. The lowest BCUT2D eigenvalue weighted by atomic mass is 9.89. The molecule has 0 bridgehead atoms. The summed E-state index contributed by atoms with van der Waals surface area (Å²) >= 11 is 1.55. The molecule has 1 aromatic rings. The first-order chi connectivity index (χ1) is 11.3. The Hall–Kier alpha value is -1.41. The Morgan fingerprint density at radius 2 is 2.17 bits per heavy atom. The molecule has 1 unspecified atom stereocenters. The van der Waals surface area contributed by atoms with Crippen molar-refractivity contribution in [2.45, 2.75) is 38.0 Å². The molecule has 24 heavy (non-hydrogen) atoms. The maximum Gasteiger partial charge on any atom is 0.416 e. The van der Waals surface area contributed by atoms with Gasteiger partial charge in [-0.3, -0.25) is 4.90 Å². The quantitative estimate of drug-likeness (QED) is 0.816. The molecule has 134 valence electrons. The molecule has 0 spiro atoms. The second kappa shape index (κ2) is 7.65. The largest absolute Gasteiger partial charge is 0.448 e. The normalized spacial score (nSPS) is 20.7. The van der Waals surface area contributed by atoms with Gasteiger partial charge in [0.1, 0.15) is 6.61 Å². The first kappa shape index (κ1) is 18.9. The minimum Gasteiger partial charge on any atom is -0.448 e. The fourth-order valence-electron chi connectivity index (χ4n) is 2.85. The molecule has 1 heterocycles. The van der Waals surface area contributed by atoms with E-state index in [1.54, 1.807) is 11.8 Å². The van der Waals surface area contributed by atoms with Gasteiger partial charge >= 0.3 is 12.3 Å². The predicted octanol–water partition coefficient (Wildman–Crippen LogP) is 4.19. The van der Waals surface area contributed by atoms with Crippen LogP contribution >= 0.6 is 11.8 Å². The molecular weight excluding hydrogens is 341 g/mol. The average molecular weight is 362 g/mol. The Bertz CT molecular complexity index is 595. The third kappa shape index (κ3) is 3.97. The summed E-state index contributed by atoms with van der Waals surface area (Å²) in [6, 6.07) is 2.60. The summed E-state index contributed by atoms with van der Waals surface area (Å²) in [5.74, 6) is 0.662. The van der Waals surface area contributed by atoms with Crippen LogP contribution in [-0.2, 0) is 10.9 Å². The van der Waals surface area contributed by atoms with Gasteiger partial charge in [-0.15, -0.1) is 0 Å². The topological polar surface area (TPSA) is 55.6 Å². The number of hydrogen-bond donors (Lipinski definition) is 1. The maximum atomic E-state index is 12.9. The van der Waals surface area contributed by atoms with E-state index in [0.29, 0.717) is 29.8 Å². The van der Waals surface area contributed by atoms with E-state index in [-0.39, 0.29) is 12.6 Å². The smallest absolute Gasteiger partial charge is 0.416 e. The van der Waals surface area contributed by atoms with Crippen molar-refractivity contribution in [2.24, 2.45) is 5.73 Å². The molecular formula is C16H21F3N2O2S. The van der Waals surface area contributed by atoms with Crippen LogP contribution in [0.4, 0.5) is 23.7 Å². The fraction of sp³-hybridized carbons (Fsp3) is 0.562. The fourth-order valence-corrected chi connectivity index (χ4v) is 3.10. The van der Waals surface area contributed by atoms with E-state index >= 15 is 0 Å². The van der Waals surface area contributed by atoms with E-state index in [0.717, 1.165) is 12.1 Å². The molecule has 1 aliphatic rings. The summed E-state index contributed by atoms with van der Waals surface area (Å²) in [6.07, 6.45) is -2.03. The third-order valence-corrected chi connectivity index (χ3v) is 4.66. The van der Waals surface area contributed by atoms with Crippen molar-refractivity contribution in [3.63, 3.8) is 0 Å². The minimum atomic E-state index is -4.44. The number of nitrogens with zero attached hydrogens (tertiary/aromatic N) is 1. The number of halogens is 3. The van der Waals surface area contributed by atoms with Crippen molar-refractivity contribution >= 4 is 23.5 Å². The SMILES string of the molecule is CCC1C[C@H](N)c2cc(C(F)(F)F)ccc2N1C(=O)OCCSC. The van der Waals surface area contributed by atoms with Gasteiger partial charge in [0.25, 0.3) is 0 Å². The first-order valence-electron chi connectivity index (χ1n) is 7.71. The molecule has 0 radical (unpaired) electrons. The maximum absolute atomic E-state index is 12.9. The highest BCUT2D eigenvalue weighted by Crippen LogP contribution is 2.40. The molecule has 0 aliphatic carbocycles. The van der Waals surface area contributed by atoms with Gasteiger partial charge in [0, 0.05) is 17.8 Å². The molecule has 2 N–H and O–H groups in total. The number of anilines is 1. The molecule has 2 rings (SSSR count). The van der Waals surface area contributed by atoms with E-state index in [1.165, 1.54) is 11.0 Å². The number of hydrogen-bond acceptors (Lipinski definition) is 4. The number of ether oxygens (including phenoxy) is 1. The van der Waals surface area contributed by atoms with E-state index in [1.807, 2.05) is 13.2 Å². The molecule has 8 heteroatoms. The zero-order valence-corrected chi connectivity index (χ0v) is 14.4. The number of nitrogens with two attached hydrogens (primary N) is 1. The average Bonchev–Trinajstić information content (AvgIpc) is 2.53. The summed E-state index contributed by atoms with van der Waals surface area (Å²) in [7, 11) is 0. The molecule has 2 atom stereocenters. The van der Waals surface area contributed by atoms with Crippen LogP contribution in [0.1, 0.15) is 36.9 Å². The van der Waals surface area contributed by atoms with Crippen molar-refractivity contribution in [1.29, 1.82) is 0 Å². The molecule has 1 amide bonds. The summed E-state index contributed by atoms with van der Waals surface area (Å²) in [5, 5.41) is 0. The minimum absolute atomic E-state index is 0.189. The summed E-state index contributed by atoms with van der Waals surface area (Å²) in [4.78, 5) is 13.9. The monoisotopic (exact) mass is 362 g/mol. The molecule has 0 fully saturated rings. The van der Waals surface area contributed by atoms with Gasteiger partial charge in [0.15, 0.2) is 0 Å². The molecule has 0 saturated carbocycles. The first-order valence-corrected chi connectivity index (χ1v) is 9.10. The molecule has 1 aromatic carbocycles. The molecule has 1 aliphatic heterocycles. The van der Waals surface area contributed by atoms with Crippen molar-refractivity contribution in [2.75, 3.05) is 23.5 Å². The Morgan fingerprint density at radius 3 is 2.75 bits per heavy atom. The van der Waals surface area contributed by atoms with Crippen LogP contribution in [0.5, 0.6) is 0 Å². The van der Waals surface area contributed by atoms with Crippen molar-refractivity contribution in [3.05, 3.63) is 29.3 Å². The van der Waals surface area contributed by atoms with E-state index in [4.69, 9.17) is 10.5 Å². The lowest BCUT2D eigenvalue weighted by molar-refractivity contribution is -0.137. The van der Waals surface area contributed by atoms with Gasteiger partial charge in [-0.1, -0.05) is 6.92 Å². The van der Waals surface area contributed by atoms with Crippen LogP contribution < -0.4 is 10.6 Å². The van der Waals surface area contributed by atoms with Gasteiger partial charge < -0.3 is 10.5 Å². The van der Waals surface area contributed by atoms with Crippen molar-refractivity contribution in [1.82, 2.24) is 0 Å². The number of thioether (sulfide) groups is 1. The van der Waals surface area contributed by atoms with Crippen molar-refractivity contribution < 1.29 is 22.7 Å². The van der Waals surface area contributed by atoms with Crippen LogP contribution in [-0.4, -0.2) is 30.8 Å². The lowest BCUT2D eigenvalue weighted by Crippen LogP contribution is -2.46. The van der Waals surface area contributed by atoms with E-state index in [9.17, 15) is 18.0 Å².